The summed E-state index contributed by atoms with van der Waals surface area (Å²) in [5, 5.41) is 1.89. The molecule has 0 aliphatic heterocycles. The number of hydrogen-bond acceptors (Lipinski definition) is 3. The Kier molecular flexibility index (Phi) is 2.84. The first-order valence-electron chi connectivity index (χ1n) is 8.98. The Bertz CT molecular complexity index is 1420. The zero-order valence-electron chi connectivity index (χ0n) is 14.6. The Balaban J connectivity index is 1.56. The molecule has 0 saturated carbocycles. The molecule has 0 spiro atoms. The van der Waals surface area contributed by atoms with Crippen molar-refractivity contribution in [2.24, 2.45) is 0 Å². The summed E-state index contributed by atoms with van der Waals surface area (Å²) in [5.41, 5.74) is 5.36. The van der Waals surface area contributed by atoms with Crippen molar-refractivity contribution in [2.45, 2.75) is 0 Å². The zero-order valence-corrected chi connectivity index (χ0v) is 14.6. The van der Waals surface area contributed by atoms with Crippen LogP contribution in [0.1, 0.15) is 32.0 Å². The lowest BCUT2D eigenvalue weighted by Crippen LogP contribution is -2.20. The topological polar surface area (TPSA) is 78.6 Å². The third kappa shape index (κ3) is 1.93. The minimum Gasteiger partial charge on any atom is -0.355 e. The van der Waals surface area contributed by atoms with Crippen LogP contribution in [0.25, 0.3) is 33.1 Å². The van der Waals surface area contributed by atoms with Gasteiger partial charge in [0.25, 0.3) is 0 Å². The van der Waals surface area contributed by atoms with Crippen molar-refractivity contribution in [1.29, 1.82) is 0 Å². The number of benzene rings is 2. The zero-order chi connectivity index (χ0) is 18.8. The lowest BCUT2D eigenvalue weighted by molar-refractivity contribution is 0.0977. The fourth-order valence-electron chi connectivity index (χ4n) is 4.04. The van der Waals surface area contributed by atoms with Gasteiger partial charge in [0.15, 0.2) is 5.78 Å². The van der Waals surface area contributed by atoms with Gasteiger partial charge in [-0.05, 0) is 24.3 Å². The van der Waals surface area contributed by atoms with Crippen LogP contribution in [0.3, 0.4) is 0 Å². The number of hydrogen-bond donors (Lipinski definition) is 2. The van der Waals surface area contributed by atoms with Gasteiger partial charge in [-0.3, -0.25) is 14.6 Å². The summed E-state index contributed by atoms with van der Waals surface area (Å²) in [4.78, 5) is 36.5. The van der Waals surface area contributed by atoms with Crippen molar-refractivity contribution < 1.29 is 9.59 Å². The van der Waals surface area contributed by atoms with E-state index in [1.807, 2.05) is 36.4 Å². The van der Waals surface area contributed by atoms with E-state index >= 15 is 0 Å². The molecule has 1 aliphatic carbocycles. The number of carbonyl (C=O) groups is 2. The Morgan fingerprint density at radius 3 is 2.57 bits per heavy atom. The van der Waals surface area contributed by atoms with Gasteiger partial charge >= 0.3 is 0 Å². The molecule has 0 unspecified atom stereocenters. The maximum atomic E-state index is 13.0. The van der Waals surface area contributed by atoms with Crippen LogP contribution in [0.15, 0.2) is 67.0 Å². The van der Waals surface area contributed by atoms with E-state index in [2.05, 4.69) is 27.1 Å². The van der Waals surface area contributed by atoms with E-state index in [1.54, 1.807) is 6.07 Å². The minimum absolute atomic E-state index is 0.165. The van der Waals surface area contributed by atoms with Crippen LogP contribution in [0.4, 0.5) is 0 Å². The molecule has 132 valence electrons. The Hall–Kier alpha value is -3.99. The molecule has 0 amide bonds. The Morgan fingerprint density at radius 1 is 0.786 bits per heavy atom. The molecule has 0 fully saturated rings. The molecular weight excluding hydrogens is 350 g/mol. The van der Waals surface area contributed by atoms with E-state index in [0.29, 0.717) is 22.4 Å². The number of H-pyrrole nitrogens is 2. The van der Waals surface area contributed by atoms with Crippen molar-refractivity contribution >= 4 is 33.4 Å². The van der Waals surface area contributed by atoms with Crippen LogP contribution >= 0.6 is 0 Å². The largest absolute Gasteiger partial charge is 0.355 e. The number of nitrogens with zero attached hydrogens (tertiary/aromatic N) is 1. The van der Waals surface area contributed by atoms with Gasteiger partial charge in [-0.25, -0.2) is 0 Å². The van der Waals surface area contributed by atoms with Gasteiger partial charge in [0, 0.05) is 51.0 Å². The van der Waals surface area contributed by atoms with Gasteiger partial charge < -0.3 is 9.97 Å². The average Bonchev–Trinajstić information content (AvgIpc) is 3.33. The summed E-state index contributed by atoms with van der Waals surface area (Å²) in [6, 6.07) is 17.6. The summed E-state index contributed by atoms with van der Waals surface area (Å²) in [7, 11) is 0. The van der Waals surface area contributed by atoms with Crippen molar-refractivity contribution in [3.8, 4) is 11.3 Å². The highest BCUT2D eigenvalue weighted by atomic mass is 16.1. The molecule has 0 radical (unpaired) electrons. The van der Waals surface area contributed by atoms with Crippen LogP contribution in [-0.2, 0) is 0 Å². The molecule has 1 aliphatic rings. The number of aromatic amines is 2. The Labute approximate surface area is 159 Å². The van der Waals surface area contributed by atoms with Gasteiger partial charge in [0.1, 0.15) is 0 Å². The fourth-order valence-corrected chi connectivity index (χ4v) is 4.04. The number of nitrogens with one attached hydrogen (secondary N) is 2. The molecule has 3 heterocycles. The highest BCUT2D eigenvalue weighted by Gasteiger charge is 2.33. The third-order valence-electron chi connectivity index (χ3n) is 5.40. The van der Waals surface area contributed by atoms with E-state index in [4.69, 9.17) is 0 Å². The monoisotopic (exact) mass is 363 g/mol. The molecule has 0 atom stereocenters. The van der Waals surface area contributed by atoms with Crippen LogP contribution in [0, 0.1) is 0 Å². The number of ketones is 2. The van der Waals surface area contributed by atoms with Gasteiger partial charge in [-0.2, -0.15) is 0 Å². The molecule has 3 aromatic heterocycles. The lowest BCUT2D eigenvalue weighted by atomic mass is 9.88. The molecule has 28 heavy (non-hydrogen) atoms. The summed E-state index contributed by atoms with van der Waals surface area (Å²) >= 11 is 0. The first-order chi connectivity index (χ1) is 13.7. The first kappa shape index (κ1) is 15.1. The maximum absolute atomic E-state index is 13.0. The summed E-state index contributed by atoms with van der Waals surface area (Å²) in [6.45, 7) is 0. The molecule has 2 N–H and O–H groups in total. The molecule has 6 rings (SSSR count). The lowest BCUT2D eigenvalue weighted by Gasteiger charge is -2.13. The number of rotatable bonds is 1. The molecule has 5 aromatic rings. The van der Waals surface area contributed by atoms with E-state index in [-0.39, 0.29) is 11.6 Å². The Morgan fingerprint density at radius 2 is 1.68 bits per heavy atom. The van der Waals surface area contributed by atoms with Gasteiger partial charge in [0.05, 0.1) is 16.8 Å². The molecule has 2 aromatic carbocycles. The van der Waals surface area contributed by atoms with E-state index in [0.717, 1.165) is 33.1 Å². The van der Waals surface area contributed by atoms with Crippen molar-refractivity contribution in [1.82, 2.24) is 15.0 Å². The van der Waals surface area contributed by atoms with Crippen molar-refractivity contribution in [3.05, 3.63) is 89.4 Å². The number of aromatic nitrogens is 3. The minimum atomic E-state index is -0.171. The average molecular weight is 363 g/mol. The number of carbonyl (C=O) groups excluding carboxylic acids is 2. The van der Waals surface area contributed by atoms with E-state index in [9.17, 15) is 9.59 Å². The predicted molar refractivity (Wildman–Crippen MR) is 107 cm³/mol. The summed E-state index contributed by atoms with van der Waals surface area (Å²) in [5.74, 6) is -0.335. The van der Waals surface area contributed by atoms with Crippen molar-refractivity contribution in [2.75, 3.05) is 0 Å². The molecule has 0 bridgehead atoms. The van der Waals surface area contributed by atoms with Crippen LogP contribution in [0.5, 0.6) is 0 Å². The van der Waals surface area contributed by atoms with Gasteiger partial charge in [0.2, 0.25) is 5.78 Å². The van der Waals surface area contributed by atoms with Crippen LogP contribution in [-0.4, -0.2) is 26.5 Å². The molecule has 5 heteroatoms. The first-order valence-corrected chi connectivity index (χ1v) is 8.98. The standard InChI is InChI=1S/C23H13N3O2/c27-22-16-11-24-8-7-14(16)23(28)21-20(22)15-6-5-13(10-19(15)26-21)18-9-12-3-1-2-4-17(12)25-18/h1-11,25-26H. The number of fused-ring (bicyclic) bond motifs is 5. The second-order valence-electron chi connectivity index (χ2n) is 6.99. The maximum Gasteiger partial charge on any atom is 0.210 e. The normalized spacial score (nSPS) is 13.1. The smallest absolute Gasteiger partial charge is 0.210 e. The van der Waals surface area contributed by atoms with Gasteiger partial charge in [-0.1, -0.05) is 30.3 Å². The second-order valence-corrected chi connectivity index (χ2v) is 6.99. The second kappa shape index (κ2) is 5.27. The summed E-state index contributed by atoms with van der Waals surface area (Å²) in [6.07, 6.45) is 3.00. The molecular formula is C23H13N3O2. The molecule has 5 nitrogen and oxygen atoms in total. The number of pyridine rings is 1. The van der Waals surface area contributed by atoms with Crippen molar-refractivity contribution in [3.63, 3.8) is 0 Å². The fraction of sp³-hybridized carbons (Fsp3) is 0. The number of para-hydroxylation sites is 1. The SMILES string of the molecule is O=C1c2ccncc2C(=O)c2c1[nH]c1cc(-c3cc4ccccc4[nH]3)ccc21. The van der Waals surface area contributed by atoms with Crippen LogP contribution < -0.4 is 0 Å². The van der Waals surface area contributed by atoms with Crippen LogP contribution in [0.2, 0.25) is 0 Å². The third-order valence-corrected chi connectivity index (χ3v) is 5.40. The highest BCUT2D eigenvalue weighted by Crippen LogP contribution is 2.34. The quantitative estimate of drug-likeness (QED) is 0.452. The molecule has 0 saturated heterocycles. The van der Waals surface area contributed by atoms with Gasteiger partial charge in [-0.15, -0.1) is 0 Å². The van der Waals surface area contributed by atoms with E-state index < -0.39 is 0 Å². The van der Waals surface area contributed by atoms with E-state index in [1.165, 1.54) is 12.4 Å². The predicted octanol–water partition coefficient (Wildman–Crippen LogP) is 4.49. The summed E-state index contributed by atoms with van der Waals surface area (Å²) < 4.78 is 0. The highest BCUT2D eigenvalue weighted by molar-refractivity contribution is 6.32.